The second-order valence-corrected chi connectivity index (χ2v) is 7.93. The molecule has 0 heterocycles. The zero-order valence-electron chi connectivity index (χ0n) is 11.0. The minimum Gasteiger partial charge on any atom is -0.380 e. The van der Waals surface area contributed by atoms with Crippen LogP contribution in [0.4, 0.5) is 10.1 Å². The molecular weight excluding hydrogens is 465 g/mol. The van der Waals surface area contributed by atoms with Crippen molar-refractivity contribution in [2.24, 2.45) is 0 Å². The molecule has 0 aromatic heterocycles. The molecule has 0 radical (unpaired) electrons. The highest BCUT2D eigenvalue weighted by Crippen LogP contribution is 2.41. The van der Waals surface area contributed by atoms with Gasteiger partial charge in [0.1, 0.15) is 5.82 Å². The van der Waals surface area contributed by atoms with E-state index in [2.05, 4.69) is 53.1 Å². The van der Waals surface area contributed by atoms with Gasteiger partial charge in [-0.15, -0.1) is 0 Å². The standard InChI is InChI=1S/C16H13Br3FN/c17-11-7-14(18)16(15(19)8-11)21-13-5-10(6-13)9-1-3-12(20)4-2-9/h1-4,7-8,10,13,21H,5-6H2. The van der Waals surface area contributed by atoms with E-state index in [9.17, 15) is 4.39 Å². The van der Waals surface area contributed by atoms with Gasteiger partial charge in [-0.1, -0.05) is 28.1 Å². The summed E-state index contributed by atoms with van der Waals surface area (Å²) in [6.07, 6.45) is 2.14. The number of hydrogen-bond donors (Lipinski definition) is 1. The fourth-order valence-corrected chi connectivity index (χ4v) is 5.11. The van der Waals surface area contributed by atoms with Crippen LogP contribution in [0.1, 0.15) is 24.3 Å². The van der Waals surface area contributed by atoms with Crippen LogP contribution in [-0.4, -0.2) is 6.04 Å². The van der Waals surface area contributed by atoms with E-state index in [1.54, 1.807) is 0 Å². The van der Waals surface area contributed by atoms with E-state index in [1.165, 1.54) is 17.7 Å². The van der Waals surface area contributed by atoms with E-state index >= 15 is 0 Å². The van der Waals surface area contributed by atoms with Crippen LogP contribution in [0.2, 0.25) is 0 Å². The molecule has 1 fully saturated rings. The Bertz CT molecular complexity index is 628. The predicted octanol–water partition coefficient (Wildman–Crippen LogP) is 6.47. The first-order valence-corrected chi connectivity index (χ1v) is 9.07. The van der Waals surface area contributed by atoms with Crippen molar-refractivity contribution in [3.05, 3.63) is 61.2 Å². The number of rotatable bonds is 3. The number of nitrogens with one attached hydrogen (secondary N) is 1. The number of halogens is 4. The lowest BCUT2D eigenvalue weighted by Gasteiger charge is -2.37. The van der Waals surface area contributed by atoms with Crippen LogP contribution in [-0.2, 0) is 0 Å². The van der Waals surface area contributed by atoms with Crippen molar-refractivity contribution in [2.45, 2.75) is 24.8 Å². The van der Waals surface area contributed by atoms with Crippen molar-refractivity contribution in [1.29, 1.82) is 0 Å². The molecule has 1 N–H and O–H groups in total. The lowest BCUT2D eigenvalue weighted by molar-refractivity contribution is 0.373. The predicted molar refractivity (Wildman–Crippen MR) is 95.3 cm³/mol. The monoisotopic (exact) mass is 475 g/mol. The second kappa shape index (κ2) is 6.39. The Morgan fingerprint density at radius 3 is 2.10 bits per heavy atom. The molecule has 5 heteroatoms. The molecule has 110 valence electrons. The van der Waals surface area contributed by atoms with E-state index < -0.39 is 0 Å². The molecule has 2 aromatic rings. The first-order valence-electron chi connectivity index (χ1n) is 6.69. The van der Waals surface area contributed by atoms with Gasteiger partial charge in [-0.3, -0.25) is 0 Å². The van der Waals surface area contributed by atoms with Crippen LogP contribution >= 0.6 is 47.8 Å². The van der Waals surface area contributed by atoms with Gasteiger partial charge in [-0.25, -0.2) is 4.39 Å². The average Bonchev–Trinajstić information content (AvgIpc) is 2.37. The smallest absolute Gasteiger partial charge is 0.123 e. The van der Waals surface area contributed by atoms with E-state index in [0.717, 1.165) is 31.9 Å². The first kappa shape index (κ1) is 15.5. The van der Waals surface area contributed by atoms with Crippen molar-refractivity contribution >= 4 is 53.5 Å². The third-order valence-electron chi connectivity index (χ3n) is 3.83. The maximum Gasteiger partial charge on any atom is 0.123 e. The van der Waals surface area contributed by atoms with Gasteiger partial charge >= 0.3 is 0 Å². The van der Waals surface area contributed by atoms with E-state index in [1.807, 2.05) is 24.3 Å². The summed E-state index contributed by atoms with van der Waals surface area (Å²) >= 11 is 10.6. The molecule has 21 heavy (non-hydrogen) atoms. The summed E-state index contributed by atoms with van der Waals surface area (Å²) in [6, 6.07) is 11.4. The maximum absolute atomic E-state index is 12.9. The van der Waals surface area contributed by atoms with Crippen LogP contribution in [0.5, 0.6) is 0 Å². The molecule has 2 aromatic carbocycles. The van der Waals surface area contributed by atoms with Gasteiger partial charge in [0, 0.05) is 19.5 Å². The molecule has 0 saturated heterocycles. The Balaban J connectivity index is 1.64. The van der Waals surface area contributed by atoms with Gasteiger partial charge in [-0.2, -0.15) is 0 Å². The number of benzene rings is 2. The van der Waals surface area contributed by atoms with Crippen LogP contribution in [0.3, 0.4) is 0 Å². The molecule has 3 rings (SSSR count). The Kier molecular flexibility index (Phi) is 4.71. The zero-order chi connectivity index (χ0) is 15.0. The first-order chi connectivity index (χ1) is 10.0. The maximum atomic E-state index is 12.9. The molecule has 0 aliphatic heterocycles. The topological polar surface area (TPSA) is 12.0 Å². The van der Waals surface area contributed by atoms with Crippen molar-refractivity contribution in [2.75, 3.05) is 5.32 Å². The summed E-state index contributed by atoms with van der Waals surface area (Å²) in [6.45, 7) is 0. The molecule has 0 bridgehead atoms. The highest BCUT2D eigenvalue weighted by molar-refractivity contribution is 9.11. The quantitative estimate of drug-likeness (QED) is 0.534. The molecule has 0 atom stereocenters. The minimum atomic E-state index is -0.171. The Hall–Kier alpha value is -0.390. The van der Waals surface area contributed by atoms with Crippen molar-refractivity contribution in [1.82, 2.24) is 0 Å². The van der Waals surface area contributed by atoms with Crippen LogP contribution < -0.4 is 5.32 Å². The summed E-state index contributed by atoms with van der Waals surface area (Å²) in [5.74, 6) is 0.353. The van der Waals surface area contributed by atoms with Crippen LogP contribution in [0, 0.1) is 5.82 Å². The van der Waals surface area contributed by atoms with Gasteiger partial charge in [0.2, 0.25) is 0 Å². The lowest BCUT2D eigenvalue weighted by atomic mass is 9.76. The minimum absolute atomic E-state index is 0.171. The third kappa shape index (κ3) is 3.51. The number of hydrogen-bond acceptors (Lipinski definition) is 1. The molecule has 0 amide bonds. The highest BCUT2D eigenvalue weighted by atomic mass is 79.9. The number of anilines is 1. The fourth-order valence-electron chi connectivity index (χ4n) is 2.63. The van der Waals surface area contributed by atoms with E-state index in [-0.39, 0.29) is 5.82 Å². The third-order valence-corrected chi connectivity index (χ3v) is 5.54. The largest absolute Gasteiger partial charge is 0.380 e. The molecule has 1 aliphatic rings. The van der Waals surface area contributed by atoms with Crippen molar-refractivity contribution < 1.29 is 4.39 Å². The lowest BCUT2D eigenvalue weighted by Crippen LogP contribution is -2.34. The Morgan fingerprint density at radius 1 is 0.952 bits per heavy atom. The molecular formula is C16H13Br3FN. The van der Waals surface area contributed by atoms with Gasteiger partial charge in [0.15, 0.2) is 0 Å². The summed E-state index contributed by atoms with van der Waals surface area (Å²) in [4.78, 5) is 0. The summed E-state index contributed by atoms with van der Waals surface area (Å²) < 4.78 is 16.0. The molecule has 1 nitrogen and oxygen atoms in total. The van der Waals surface area contributed by atoms with Gasteiger partial charge in [0.05, 0.1) is 5.69 Å². The van der Waals surface area contributed by atoms with Crippen molar-refractivity contribution in [3.63, 3.8) is 0 Å². The highest BCUT2D eigenvalue weighted by Gasteiger charge is 2.30. The van der Waals surface area contributed by atoms with E-state index in [0.29, 0.717) is 12.0 Å². The second-order valence-electron chi connectivity index (χ2n) is 5.31. The summed E-state index contributed by atoms with van der Waals surface area (Å²) in [5.41, 5.74) is 2.31. The van der Waals surface area contributed by atoms with Gasteiger partial charge in [0.25, 0.3) is 0 Å². The molecule has 1 saturated carbocycles. The molecule has 1 aliphatic carbocycles. The van der Waals surface area contributed by atoms with Gasteiger partial charge < -0.3 is 5.32 Å². The average molecular weight is 478 g/mol. The summed E-state index contributed by atoms with van der Waals surface area (Å²) in [7, 11) is 0. The SMILES string of the molecule is Fc1ccc(C2CC(Nc3c(Br)cc(Br)cc3Br)C2)cc1. The van der Waals surface area contributed by atoms with E-state index in [4.69, 9.17) is 0 Å². The normalized spacial score (nSPS) is 21.0. The Morgan fingerprint density at radius 2 is 1.52 bits per heavy atom. The molecule has 0 unspecified atom stereocenters. The van der Waals surface area contributed by atoms with Crippen LogP contribution in [0.25, 0.3) is 0 Å². The molecule has 0 spiro atoms. The van der Waals surface area contributed by atoms with Crippen LogP contribution in [0.15, 0.2) is 49.8 Å². The fraction of sp³-hybridized carbons (Fsp3) is 0.250. The Labute approximate surface area is 148 Å². The summed E-state index contributed by atoms with van der Waals surface area (Å²) in [5, 5.41) is 3.56. The van der Waals surface area contributed by atoms with Gasteiger partial charge in [-0.05, 0) is 80.4 Å². The van der Waals surface area contributed by atoms with Crippen molar-refractivity contribution in [3.8, 4) is 0 Å². The zero-order valence-corrected chi connectivity index (χ0v) is 15.8.